The number of alkyl halides is 4. The first-order valence-corrected chi connectivity index (χ1v) is 10.2. The summed E-state index contributed by atoms with van der Waals surface area (Å²) in [5.74, 6) is -0.497. The maximum Gasteiger partial charge on any atom is 0.416 e. The number of nitrogens with zero attached hydrogens (tertiary/aromatic N) is 4. The third-order valence-electron chi connectivity index (χ3n) is 5.81. The summed E-state index contributed by atoms with van der Waals surface area (Å²) in [6.07, 6.45) is -1.57. The average molecular weight is 436 g/mol. The van der Waals surface area contributed by atoms with E-state index in [1.807, 2.05) is 6.92 Å². The molecule has 31 heavy (non-hydrogen) atoms. The van der Waals surface area contributed by atoms with Gasteiger partial charge in [0.15, 0.2) is 5.65 Å². The molecule has 0 amide bonds. The van der Waals surface area contributed by atoms with Crippen molar-refractivity contribution in [2.45, 2.75) is 45.1 Å². The maximum absolute atomic E-state index is 15.4. The monoisotopic (exact) mass is 436 g/mol. The van der Waals surface area contributed by atoms with E-state index in [1.54, 1.807) is 23.0 Å². The van der Waals surface area contributed by atoms with Gasteiger partial charge in [0.25, 0.3) is 0 Å². The molecule has 1 saturated heterocycles. The summed E-state index contributed by atoms with van der Waals surface area (Å²) in [6, 6.07) is 5.02. The van der Waals surface area contributed by atoms with E-state index in [1.165, 1.54) is 6.92 Å². The number of aromatic nitrogens is 3. The van der Waals surface area contributed by atoms with Crippen LogP contribution in [0.4, 0.5) is 17.6 Å². The van der Waals surface area contributed by atoms with Gasteiger partial charge in [0, 0.05) is 23.7 Å². The fourth-order valence-electron chi connectivity index (χ4n) is 4.30. The molecule has 1 aromatic carbocycles. The SMILES string of the molecule is CCN1CCC[C@](F)(Cn2cc3ccc(-c4c(C)cc(C(F)(F)F)cc4O)nc3n2)C1. The molecule has 0 bridgehead atoms. The predicted molar refractivity (Wildman–Crippen MR) is 110 cm³/mol. The summed E-state index contributed by atoms with van der Waals surface area (Å²) in [5.41, 5.74) is -1.16. The number of pyridine rings is 1. The lowest BCUT2D eigenvalue weighted by atomic mass is 9.94. The molecule has 2 aromatic heterocycles. The van der Waals surface area contributed by atoms with Crippen LogP contribution in [0.25, 0.3) is 22.3 Å². The summed E-state index contributed by atoms with van der Waals surface area (Å²) >= 11 is 0. The first-order valence-electron chi connectivity index (χ1n) is 10.2. The normalized spacial score (nSPS) is 20.5. The number of aromatic hydroxyl groups is 1. The number of aryl methyl sites for hydroxylation is 1. The van der Waals surface area contributed by atoms with Crippen LogP contribution in [0.15, 0.2) is 30.5 Å². The zero-order chi connectivity index (χ0) is 22.4. The van der Waals surface area contributed by atoms with Gasteiger partial charge in [0.1, 0.15) is 11.4 Å². The molecule has 9 heteroatoms. The number of phenols is 1. The number of rotatable bonds is 4. The van der Waals surface area contributed by atoms with Gasteiger partial charge in [-0.25, -0.2) is 9.37 Å². The Kier molecular flexibility index (Phi) is 5.41. The number of piperidine rings is 1. The topological polar surface area (TPSA) is 54.2 Å². The van der Waals surface area contributed by atoms with E-state index in [0.29, 0.717) is 35.8 Å². The molecule has 3 heterocycles. The van der Waals surface area contributed by atoms with Crippen molar-refractivity contribution in [3.8, 4) is 17.0 Å². The number of halogens is 4. The average Bonchev–Trinajstić information content (AvgIpc) is 3.07. The first kappa shape index (κ1) is 21.5. The molecule has 1 fully saturated rings. The molecule has 4 rings (SSSR count). The quantitative estimate of drug-likeness (QED) is 0.588. The van der Waals surface area contributed by atoms with Crippen molar-refractivity contribution in [1.29, 1.82) is 0 Å². The van der Waals surface area contributed by atoms with Crippen LogP contribution in [0.2, 0.25) is 0 Å². The van der Waals surface area contributed by atoms with Crippen molar-refractivity contribution in [2.75, 3.05) is 19.6 Å². The van der Waals surface area contributed by atoms with E-state index in [9.17, 15) is 18.3 Å². The van der Waals surface area contributed by atoms with Crippen LogP contribution in [-0.4, -0.2) is 50.1 Å². The maximum atomic E-state index is 15.4. The van der Waals surface area contributed by atoms with E-state index in [4.69, 9.17) is 0 Å². The summed E-state index contributed by atoms with van der Waals surface area (Å²) < 4.78 is 55.9. The Morgan fingerprint density at radius 1 is 1.23 bits per heavy atom. The van der Waals surface area contributed by atoms with Gasteiger partial charge in [0.2, 0.25) is 0 Å². The van der Waals surface area contributed by atoms with Crippen molar-refractivity contribution >= 4 is 11.0 Å². The molecule has 1 aliphatic heterocycles. The fourth-order valence-corrected chi connectivity index (χ4v) is 4.30. The number of phenolic OH excluding ortho intramolecular Hbond substituents is 1. The Morgan fingerprint density at radius 3 is 2.68 bits per heavy atom. The highest BCUT2D eigenvalue weighted by Crippen LogP contribution is 2.38. The molecule has 0 saturated carbocycles. The Bertz CT molecular complexity index is 1090. The van der Waals surface area contributed by atoms with Crippen LogP contribution in [0, 0.1) is 6.92 Å². The molecular weight excluding hydrogens is 412 g/mol. The highest BCUT2D eigenvalue weighted by molar-refractivity contribution is 5.80. The minimum absolute atomic E-state index is 0.111. The lowest BCUT2D eigenvalue weighted by Gasteiger charge is -2.36. The second-order valence-corrected chi connectivity index (χ2v) is 8.24. The van der Waals surface area contributed by atoms with E-state index in [2.05, 4.69) is 15.0 Å². The van der Waals surface area contributed by atoms with Crippen LogP contribution < -0.4 is 0 Å². The van der Waals surface area contributed by atoms with Gasteiger partial charge in [-0.2, -0.15) is 18.3 Å². The largest absolute Gasteiger partial charge is 0.507 e. The minimum Gasteiger partial charge on any atom is -0.507 e. The van der Waals surface area contributed by atoms with Crippen LogP contribution in [0.3, 0.4) is 0 Å². The Labute approximate surface area is 177 Å². The predicted octanol–water partition coefficient (Wildman–Crippen LogP) is 4.96. The minimum atomic E-state index is -4.55. The van der Waals surface area contributed by atoms with E-state index in [-0.39, 0.29) is 17.7 Å². The lowest BCUT2D eigenvalue weighted by Crippen LogP contribution is -2.47. The van der Waals surface area contributed by atoms with Crippen molar-refractivity contribution in [1.82, 2.24) is 19.7 Å². The first-order chi connectivity index (χ1) is 14.6. The van der Waals surface area contributed by atoms with Crippen LogP contribution in [-0.2, 0) is 12.7 Å². The molecule has 3 aromatic rings. The third kappa shape index (κ3) is 4.37. The molecule has 1 atom stereocenters. The molecule has 5 nitrogen and oxygen atoms in total. The number of hydrogen-bond donors (Lipinski definition) is 1. The number of benzene rings is 1. The molecule has 0 unspecified atom stereocenters. The summed E-state index contributed by atoms with van der Waals surface area (Å²) in [7, 11) is 0. The zero-order valence-electron chi connectivity index (χ0n) is 17.4. The molecular formula is C22H24F4N4O. The second-order valence-electron chi connectivity index (χ2n) is 8.24. The molecule has 0 radical (unpaired) electrons. The standard InChI is InChI=1S/C22H24F4N4O/c1-3-29-8-4-7-21(23,12-29)13-30-11-15-5-6-17(27-20(15)28-30)19-14(2)9-16(10-18(19)31)22(24,25)26/h5-6,9-11,31H,3-4,7-8,12-13H2,1-2H3/t21-/m1/s1. The van der Waals surface area contributed by atoms with Crippen molar-refractivity contribution in [3.63, 3.8) is 0 Å². The Hall–Kier alpha value is -2.68. The van der Waals surface area contributed by atoms with Gasteiger partial charge < -0.3 is 10.0 Å². The fraction of sp³-hybridized carbons (Fsp3) is 0.455. The van der Waals surface area contributed by atoms with Crippen molar-refractivity contribution in [2.24, 2.45) is 0 Å². The van der Waals surface area contributed by atoms with Crippen LogP contribution >= 0.6 is 0 Å². The summed E-state index contributed by atoms with van der Waals surface area (Å²) in [5, 5.41) is 15.3. The van der Waals surface area contributed by atoms with Gasteiger partial charge in [-0.1, -0.05) is 6.92 Å². The van der Waals surface area contributed by atoms with Gasteiger partial charge in [0.05, 0.1) is 17.8 Å². The van der Waals surface area contributed by atoms with Crippen LogP contribution in [0.1, 0.15) is 30.9 Å². The van der Waals surface area contributed by atoms with Crippen molar-refractivity contribution < 1.29 is 22.7 Å². The molecule has 1 aliphatic rings. The van der Waals surface area contributed by atoms with Crippen LogP contribution in [0.5, 0.6) is 5.75 Å². The van der Waals surface area contributed by atoms with Gasteiger partial charge in [-0.05, 0) is 62.7 Å². The van der Waals surface area contributed by atoms with Gasteiger partial charge in [-0.3, -0.25) is 4.68 Å². The lowest BCUT2D eigenvalue weighted by molar-refractivity contribution is -0.137. The Balaban J connectivity index is 1.64. The van der Waals surface area contributed by atoms with Gasteiger partial charge in [-0.15, -0.1) is 0 Å². The zero-order valence-corrected chi connectivity index (χ0v) is 17.4. The highest BCUT2D eigenvalue weighted by Gasteiger charge is 2.36. The second kappa shape index (κ2) is 7.78. The summed E-state index contributed by atoms with van der Waals surface area (Å²) in [6.45, 7) is 5.66. The third-order valence-corrected chi connectivity index (χ3v) is 5.81. The molecule has 1 N–H and O–H groups in total. The summed E-state index contributed by atoms with van der Waals surface area (Å²) in [4.78, 5) is 6.50. The van der Waals surface area contributed by atoms with E-state index < -0.39 is 23.2 Å². The smallest absolute Gasteiger partial charge is 0.416 e. The van der Waals surface area contributed by atoms with E-state index in [0.717, 1.165) is 25.6 Å². The highest BCUT2D eigenvalue weighted by atomic mass is 19.4. The Morgan fingerprint density at radius 2 is 2.00 bits per heavy atom. The van der Waals surface area contributed by atoms with Crippen molar-refractivity contribution in [3.05, 3.63) is 41.6 Å². The van der Waals surface area contributed by atoms with E-state index >= 15 is 4.39 Å². The molecule has 0 aliphatic carbocycles. The van der Waals surface area contributed by atoms with Gasteiger partial charge >= 0.3 is 6.18 Å². The molecule has 166 valence electrons. The number of hydrogen-bond acceptors (Lipinski definition) is 4. The number of likely N-dealkylation sites (tertiary alicyclic amines) is 1. The molecule has 0 spiro atoms. The number of fused-ring (bicyclic) bond motifs is 1.